The monoisotopic (exact) mass is 346 g/mol. The molecule has 0 aliphatic carbocycles. The molecule has 0 aromatic heterocycles. The van der Waals surface area contributed by atoms with Gasteiger partial charge in [-0.25, -0.2) is 8.42 Å². The molecule has 2 rings (SSSR count). The minimum Gasteiger partial charge on any atom is -0.456 e. The van der Waals surface area contributed by atoms with Gasteiger partial charge in [-0.05, 0) is 35.9 Å². The number of halogens is 2. The molecular formula is C14H12Cl2O4S. The third-order valence-corrected chi connectivity index (χ3v) is 4.27. The van der Waals surface area contributed by atoms with Crippen LogP contribution in [0, 0.1) is 0 Å². The molecule has 0 radical (unpaired) electrons. The number of rotatable bonds is 5. The van der Waals surface area contributed by atoms with E-state index in [1.807, 2.05) is 18.2 Å². The van der Waals surface area contributed by atoms with Crippen molar-refractivity contribution in [3.05, 3.63) is 53.1 Å². The fraction of sp³-hybridized carbons (Fsp3) is 0.143. The van der Waals surface area contributed by atoms with Crippen LogP contribution in [0.2, 0.25) is 5.02 Å². The number of hydrogen-bond acceptors (Lipinski definition) is 4. The minimum absolute atomic E-state index is 0.0744. The molecule has 4 nitrogen and oxygen atoms in total. The fourth-order valence-corrected chi connectivity index (χ4v) is 2.77. The van der Waals surface area contributed by atoms with Crippen molar-refractivity contribution in [2.75, 3.05) is 7.11 Å². The molecule has 0 amide bonds. The summed E-state index contributed by atoms with van der Waals surface area (Å²) in [4.78, 5) is -0.0744. The first-order valence-corrected chi connectivity index (χ1v) is 8.59. The summed E-state index contributed by atoms with van der Waals surface area (Å²) in [7, 11) is 3.05. The first-order valence-electron chi connectivity index (χ1n) is 5.90. The summed E-state index contributed by atoms with van der Waals surface area (Å²) >= 11 is 6.01. The number of benzene rings is 2. The zero-order chi connectivity index (χ0) is 15.5. The Kier molecular flexibility index (Phi) is 5.11. The van der Waals surface area contributed by atoms with E-state index in [0.29, 0.717) is 18.1 Å². The number of ether oxygens (including phenoxy) is 2. The summed E-state index contributed by atoms with van der Waals surface area (Å²) in [6.45, 7) is 0.467. The molecule has 0 saturated heterocycles. The summed E-state index contributed by atoms with van der Waals surface area (Å²) in [5, 5.41) is 0.161. The van der Waals surface area contributed by atoms with Gasteiger partial charge in [0.1, 0.15) is 11.5 Å². The molecule has 2 aromatic rings. The van der Waals surface area contributed by atoms with Crippen LogP contribution < -0.4 is 4.74 Å². The highest BCUT2D eigenvalue weighted by atomic mass is 35.7. The SMILES string of the molecule is COCc1cccc(Oc2ccc(S(=O)(=O)Cl)cc2Cl)c1. The smallest absolute Gasteiger partial charge is 0.261 e. The van der Waals surface area contributed by atoms with Crippen molar-refractivity contribution in [1.82, 2.24) is 0 Å². The molecule has 0 spiro atoms. The van der Waals surface area contributed by atoms with Crippen LogP contribution in [-0.4, -0.2) is 15.5 Å². The Hall–Kier alpha value is -1.27. The standard InChI is InChI=1S/C14H12Cl2O4S/c1-19-9-10-3-2-4-11(7-10)20-14-6-5-12(8-13(14)15)21(16,17)18/h2-8H,9H2,1H3. The zero-order valence-corrected chi connectivity index (χ0v) is 13.4. The lowest BCUT2D eigenvalue weighted by atomic mass is 10.2. The quantitative estimate of drug-likeness (QED) is 0.761. The predicted octanol–water partition coefficient (Wildman–Crippen LogP) is 4.21. The Bertz CT molecular complexity index is 744. The minimum atomic E-state index is -3.81. The lowest BCUT2D eigenvalue weighted by Gasteiger charge is -2.09. The van der Waals surface area contributed by atoms with E-state index in [4.69, 9.17) is 31.8 Å². The first-order chi connectivity index (χ1) is 9.90. The second-order valence-corrected chi connectivity index (χ2v) is 7.19. The molecule has 112 valence electrons. The summed E-state index contributed by atoms with van der Waals surface area (Å²) in [6, 6.07) is 11.4. The maximum atomic E-state index is 11.2. The van der Waals surface area contributed by atoms with Crippen LogP contribution >= 0.6 is 22.3 Å². The average molecular weight is 347 g/mol. The van der Waals surface area contributed by atoms with Gasteiger partial charge in [0, 0.05) is 17.8 Å². The largest absolute Gasteiger partial charge is 0.456 e. The van der Waals surface area contributed by atoms with Crippen molar-refractivity contribution >= 4 is 31.3 Å². The second kappa shape index (κ2) is 6.66. The van der Waals surface area contributed by atoms with E-state index in [1.165, 1.54) is 18.2 Å². The Morgan fingerprint density at radius 1 is 1.14 bits per heavy atom. The summed E-state index contributed by atoms with van der Waals surface area (Å²) < 4.78 is 33.1. The van der Waals surface area contributed by atoms with Crippen molar-refractivity contribution in [2.45, 2.75) is 11.5 Å². The lowest BCUT2D eigenvalue weighted by molar-refractivity contribution is 0.184. The van der Waals surface area contributed by atoms with Gasteiger partial charge >= 0.3 is 0 Å². The molecule has 7 heteroatoms. The normalized spacial score (nSPS) is 11.4. The molecule has 0 atom stereocenters. The molecule has 0 bridgehead atoms. The molecule has 2 aromatic carbocycles. The van der Waals surface area contributed by atoms with Gasteiger partial charge in [-0.15, -0.1) is 0 Å². The van der Waals surface area contributed by atoms with E-state index in [9.17, 15) is 8.42 Å². The number of hydrogen-bond donors (Lipinski definition) is 0. The Labute approximate surface area is 132 Å². The molecule has 21 heavy (non-hydrogen) atoms. The van der Waals surface area contributed by atoms with Gasteiger partial charge in [0.05, 0.1) is 16.5 Å². The molecule has 0 unspecified atom stereocenters. The van der Waals surface area contributed by atoms with Crippen LogP contribution in [0.4, 0.5) is 0 Å². The second-order valence-electron chi connectivity index (χ2n) is 4.21. The zero-order valence-electron chi connectivity index (χ0n) is 11.0. The van der Waals surface area contributed by atoms with E-state index in [2.05, 4.69) is 0 Å². The highest BCUT2D eigenvalue weighted by Gasteiger charge is 2.13. The highest BCUT2D eigenvalue weighted by molar-refractivity contribution is 8.13. The maximum Gasteiger partial charge on any atom is 0.261 e. The van der Waals surface area contributed by atoms with Gasteiger partial charge in [0.15, 0.2) is 0 Å². The summed E-state index contributed by atoms with van der Waals surface area (Å²) in [6.07, 6.45) is 0. The summed E-state index contributed by atoms with van der Waals surface area (Å²) in [5.74, 6) is 0.920. The van der Waals surface area contributed by atoms with E-state index >= 15 is 0 Å². The number of methoxy groups -OCH3 is 1. The first kappa shape index (κ1) is 16.1. The van der Waals surface area contributed by atoms with Gasteiger partial charge < -0.3 is 9.47 Å². The van der Waals surface area contributed by atoms with Crippen LogP contribution in [-0.2, 0) is 20.4 Å². The molecule has 0 aliphatic heterocycles. The Balaban J connectivity index is 2.26. The van der Waals surface area contributed by atoms with Crippen LogP contribution in [0.15, 0.2) is 47.4 Å². The van der Waals surface area contributed by atoms with E-state index in [-0.39, 0.29) is 9.92 Å². The van der Waals surface area contributed by atoms with Crippen molar-refractivity contribution < 1.29 is 17.9 Å². The third-order valence-electron chi connectivity index (χ3n) is 2.62. The highest BCUT2D eigenvalue weighted by Crippen LogP contribution is 2.32. The lowest BCUT2D eigenvalue weighted by Crippen LogP contribution is -1.93. The molecule has 0 saturated carbocycles. The topological polar surface area (TPSA) is 52.6 Å². The van der Waals surface area contributed by atoms with E-state index < -0.39 is 9.05 Å². The predicted molar refractivity (Wildman–Crippen MR) is 81.7 cm³/mol. The molecule has 0 aliphatic rings. The van der Waals surface area contributed by atoms with Crippen molar-refractivity contribution in [3.63, 3.8) is 0 Å². The van der Waals surface area contributed by atoms with Gasteiger partial charge in [0.25, 0.3) is 9.05 Å². The van der Waals surface area contributed by atoms with Crippen LogP contribution in [0.1, 0.15) is 5.56 Å². The van der Waals surface area contributed by atoms with E-state index in [1.54, 1.807) is 13.2 Å². The fourth-order valence-electron chi connectivity index (χ4n) is 1.71. The Morgan fingerprint density at radius 3 is 2.52 bits per heavy atom. The van der Waals surface area contributed by atoms with Gasteiger partial charge in [0.2, 0.25) is 0 Å². The van der Waals surface area contributed by atoms with Gasteiger partial charge in [-0.2, -0.15) is 0 Å². The molecule has 0 heterocycles. The summed E-state index contributed by atoms with van der Waals surface area (Å²) in [5.41, 5.74) is 0.950. The van der Waals surface area contributed by atoms with Crippen LogP contribution in [0.3, 0.4) is 0 Å². The van der Waals surface area contributed by atoms with Crippen LogP contribution in [0.5, 0.6) is 11.5 Å². The Morgan fingerprint density at radius 2 is 1.90 bits per heavy atom. The molecule has 0 N–H and O–H groups in total. The van der Waals surface area contributed by atoms with Gasteiger partial charge in [-0.3, -0.25) is 0 Å². The van der Waals surface area contributed by atoms with Crippen molar-refractivity contribution in [3.8, 4) is 11.5 Å². The van der Waals surface area contributed by atoms with Crippen molar-refractivity contribution in [1.29, 1.82) is 0 Å². The van der Waals surface area contributed by atoms with E-state index in [0.717, 1.165) is 5.56 Å². The maximum absolute atomic E-state index is 11.2. The van der Waals surface area contributed by atoms with Crippen LogP contribution in [0.25, 0.3) is 0 Å². The third kappa shape index (κ3) is 4.35. The van der Waals surface area contributed by atoms with Crippen molar-refractivity contribution in [2.24, 2.45) is 0 Å². The average Bonchev–Trinajstić information content (AvgIpc) is 2.41. The van der Waals surface area contributed by atoms with Gasteiger partial charge in [-0.1, -0.05) is 23.7 Å². The molecule has 0 fully saturated rings. The molecular weight excluding hydrogens is 335 g/mol.